The van der Waals surface area contributed by atoms with E-state index in [1.165, 1.54) is 36.2 Å². The number of alkyl halides is 4. The summed E-state index contributed by atoms with van der Waals surface area (Å²) in [6, 6.07) is 5.53. The van der Waals surface area contributed by atoms with Crippen molar-refractivity contribution in [3.8, 4) is 22.7 Å². The Labute approximate surface area is 216 Å². The smallest absolute Gasteiger partial charge is 0.280 e. The Hall–Kier alpha value is -4.20. The van der Waals surface area contributed by atoms with Crippen LogP contribution in [0.4, 0.5) is 22.7 Å². The summed E-state index contributed by atoms with van der Waals surface area (Å²) in [5.74, 6) is -4.43. The second-order valence-electron chi connectivity index (χ2n) is 8.53. The van der Waals surface area contributed by atoms with Crippen LogP contribution in [0.5, 0.6) is 5.75 Å². The van der Waals surface area contributed by atoms with E-state index in [0.717, 1.165) is 29.2 Å². The molecule has 0 spiro atoms. The molecule has 1 N–H and O–H groups in total. The minimum Gasteiger partial charge on any atom is -0.494 e. The van der Waals surface area contributed by atoms with E-state index in [0.29, 0.717) is 0 Å². The number of aryl methyl sites for hydroxylation is 1. The van der Waals surface area contributed by atoms with E-state index in [4.69, 9.17) is 4.74 Å². The number of carbonyl (C=O) groups excluding carboxylic acids is 1. The van der Waals surface area contributed by atoms with Gasteiger partial charge in [-0.1, -0.05) is 11.3 Å². The first-order chi connectivity index (χ1) is 18.1. The van der Waals surface area contributed by atoms with Gasteiger partial charge in [0.1, 0.15) is 22.3 Å². The van der Waals surface area contributed by atoms with Crippen molar-refractivity contribution >= 4 is 22.4 Å². The van der Waals surface area contributed by atoms with Gasteiger partial charge in [-0.3, -0.25) is 24.5 Å². The Kier molecular flexibility index (Phi) is 6.42. The number of ether oxygens (including phenoxy) is 1. The van der Waals surface area contributed by atoms with Gasteiger partial charge in [-0.05, 0) is 30.7 Å². The van der Waals surface area contributed by atoms with Crippen LogP contribution in [0.25, 0.3) is 16.9 Å². The number of hydrogen-bond donors (Lipinski definition) is 1. The highest BCUT2D eigenvalue weighted by atomic mass is 32.1. The fourth-order valence-corrected chi connectivity index (χ4v) is 4.67. The maximum Gasteiger partial charge on any atom is 0.280 e. The van der Waals surface area contributed by atoms with Crippen LogP contribution in [-0.4, -0.2) is 43.7 Å². The highest BCUT2D eigenvalue weighted by Gasteiger charge is 2.59. The largest absolute Gasteiger partial charge is 0.494 e. The van der Waals surface area contributed by atoms with Crippen LogP contribution in [0.2, 0.25) is 0 Å². The Morgan fingerprint density at radius 3 is 2.61 bits per heavy atom. The highest BCUT2D eigenvalue weighted by molar-refractivity contribution is 7.15. The summed E-state index contributed by atoms with van der Waals surface area (Å²) in [5, 5.41) is 10.1. The minimum absolute atomic E-state index is 0.0209. The molecule has 0 radical (unpaired) electrons. The van der Waals surface area contributed by atoms with Crippen molar-refractivity contribution in [1.82, 2.24) is 24.7 Å². The second kappa shape index (κ2) is 9.59. The van der Waals surface area contributed by atoms with Crippen molar-refractivity contribution in [2.45, 2.75) is 31.6 Å². The molecular weight excluding hydrogens is 528 g/mol. The molecule has 4 aromatic heterocycles. The third kappa shape index (κ3) is 4.86. The van der Waals surface area contributed by atoms with Gasteiger partial charge in [-0.25, -0.2) is 22.5 Å². The first kappa shape index (κ1) is 25.4. The molecule has 14 heteroatoms. The van der Waals surface area contributed by atoms with Crippen molar-refractivity contribution < 1.29 is 27.1 Å². The average molecular weight is 547 g/mol. The molecule has 0 aromatic carbocycles. The number of anilines is 1. The average Bonchev–Trinajstić information content (AvgIpc) is 3.28. The number of nitrogens with one attached hydrogen (secondary N) is 1. The number of aromatic nitrogens is 5. The van der Waals surface area contributed by atoms with Gasteiger partial charge < -0.3 is 4.74 Å². The van der Waals surface area contributed by atoms with E-state index in [1.807, 2.05) is 0 Å². The van der Waals surface area contributed by atoms with Crippen molar-refractivity contribution in [2.24, 2.45) is 0 Å². The van der Waals surface area contributed by atoms with Crippen LogP contribution in [0.3, 0.4) is 0 Å². The summed E-state index contributed by atoms with van der Waals surface area (Å²) < 4.78 is 60.3. The Morgan fingerprint density at radius 2 is 1.95 bits per heavy atom. The zero-order chi connectivity index (χ0) is 27.2. The van der Waals surface area contributed by atoms with Crippen LogP contribution < -0.4 is 15.6 Å². The quantitative estimate of drug-likeness (QED) is 0.332. The zero-order valence-corrected chi connectivity index (χ0v) is 20.6. The standard InChI is InChI=1S/C24H18F4N6O3S/c1-11-3-4-34(19(35)5-11)18-7-12(13-6-16(20(25)26)29-10-17(13)37-2)14(9-30-18)21(36)31-23-33-32-22(38-23)15-8-24(15,27)28/h3-7,9-10,15,20H,8H2,1-2H3,(H,31,33,36). The van der Waals surface area contributed by atoms with Gasteiger partial charge in [0.05, 0.1) is 24.8 Å². The molecule has 1 saturated carbocycles. The number of rotatable bonds is 7. The maximum absolute atomic E-state index is 13.5. The first-order valence-electron chi connectivity index (χ1n) is 11.1. The lowest BCUT2D eigenvalue weighted by molar-refractivity contribution is 0.102. The maximum atomic E-state index is 13.5. The Morgan fingerprint density at radius 1 is 1.18 bits per heavy atom. The molecule has 1 fully saturated rings. The molecule has 0 saturated heterocycles. The van der Waals surface area contributed by atoms with E-state index in [-0.39, 0.29) is 44.8 Å². The number of hydrogen-bond acceptors (Lipinski definition) is 8. The fraction of sp³-hybridized carbons (Fsp3) is 0.250. The zero-order valence-electron chi connectivity index (χ0n) is 19.8. The van der Waals surface area contributed by atoms with Gasteiger partial charge in [-0.15, -0.1) is 10.2 Å². The van der Waals surface area contributed by atoms with Crippen LogP contribution in [0, 0.1) is 6.92 Å². The summed E-state index contributed by atoms with van der Waals surface area (Å²) in [6.45, 7) is 1.75. The van der Waals surface area contributed by atoms with Crippen molar-refractivity contribution in [1.29, 1.82) is 0 Å². The molecule has 38 heavy (non-hydrogen) atoms. The van der Waals surface area contributed by atoms with Gasteiger partial charge in [0.25, 0.3) is 23.8 Å². The second-order valence-corrected chi connectivity index (χ2v) is 9.54. The normalized spacial score (nSPS) is 15.9. The number of amides is 1. The van der Waals surface area contributed by atoms with Gasteiger partial charge in [-0.2, -0.15) is 0 Å². The Bertz CT molecular complexity index is 1610. The summed E-state index contributed by atoms with van der Waals surface area (Å²) >= 11 is 0.814. The molecule has 1 aliphatic carbocycles. The van der Waals surface area contributed by atoms with Crippen molar-refractivity contribution in [2.75, 3.05) is 12.4 Å². The molecule has 1 aliphatic rings. The molecule has 0 bridgehead atoms. The summed E-state index contributed by atoms with van der Waals surface area (Å²) in [6.07, 6.45) is 0.527. The predicted molar refractivity (Wildman–Crippen MR) is 129 cm³/mol. The van der Waals surface area contributed by atoms with Gasteiger partial charge in [0.15, 0.2) is 0 Å². The molecule has 1 atom stereocenters. The fourth-order valence-electron chi connectivity index (χ4n) is 3.77. The Balaban J connectivity index is 1.59. The third-order valence-corrected chi connectivity index (χ3v) is 6.82. The van der Waals surface area contributed by atoms with Crippen molar-refractivity contribution in [3.63, 3.8) is 0 Å². The van der Waals surface area contributed by atoms with Crippen molar-refractivity contribution in [3.05, 3.63) is 75.0 Å². The number of pyridine rings is 3. The number of halogens is 4. The minimum atomic E-state index is -2.90. The monoisotopic (exact) mass is 546 g/mol. The molecule has 4 heterocycles. The lowest BCUT2D eigenvalue weighted by atomic mass is 10.00. The van der Waals surface area contributed by atoms with Crippen LogP contribution in [0.1, 0.15) is 45.4 Å². The number of nitrogens with zero attached hydrogens (tertiary/aromatic N) is 5. The molecule has 196 valence electrons. The lowest BCUT2D eigenvalue weighted by Crippen LogP contribution is -2.19. The van der Waals surface area contributed by atoms with Gasteiger partial charge >= 0.3 is 0 Å². The van der Waals surface area contributed by atoms with Crippen LogP contribution >= 0.6 is 11.3 Å². The third-order valence-electron chi connectivity index (χ3n) is 5.86. The molecule has 9 nitrogen and oxygen atoms in total. The van der Waals surface area contributed by atoms with E-state index < -0.39 is 35.4 Å². The van der Waals surface area contributed by atoms with E-state index in [2.05, 4.69) is 25.5 Å². The molecule has 0 aliphatic heterocycles. The SMILES string of the molecule is COc1cnc(C(F)F)cc1-c1cc(-n2ccc(C)cc2=O)ncc1C(=O)Nc1nnc(C2CC2(F)F)s1. The van der Waals surface area contributed by atoms with E-state index in [1.54, 1.807) is 13.0 Å². The van der Waals surface area contributed by atoms with Crippen LogP contribution in [-0.2, 0) is 0 Å². The van der Waals surface area contributed by atoms with E-state index >= 15 is 0 Å². The highest BCUT2D eigenvalue weighted by Crippen LogP contribution is 2.56. The molecule has 4 aromatic rings. The van der Waals surface area contributed by atoms with Gasteiger partial charge in [0, 0.05) is 36.0 Å². The molecular formula is C24H18F4N6O3S. The van der Waals surface area contributed by atoms with Gasteiger partial charge in [0.2, 0.25) is 5.13 Å². The topological polar surface area (TPSA) is 112 Å². The van der Waals surface area contributed by atoms with Crippen LogP contribution in [0.15, 0.2) is 47.7 Å². The lowest BCUT2D eigenvalue weighted by Gasteiger charge is -2.15. The molecule has 5 rings (SSSR count). The predicted octanol–water partition coefficient (Wildman–Crippen LogP) is 4.78. The summed E-state index contributed by atoms with van der Waals surface area (Å²) in [4.78, 5) is 33.8. The van der Waals surface area contributed by atoms with E-state index in [9.17, 15) is 27.2 Å². The molecule has 1 amide bonds. The summed E-state index contributed by atoms with van der Waals surface area (Å²) in [5.41, 5.74) is -0.0969. The first-order valence-corrected chi connectivity index (χ1v) is 11.9. The summed E-state index contributed by atoms with van der Waals surface area (Å²) in [7, 11) is 1.31. The number of methoxy groups -OCH3 is 1. The number of carbonyl (C=O) groups is 1. The molecule has 1 unspecified atom stereocenters.